The van der Waals surface area contributed by atoms with E-state index in [4.69, 9.17) is 4.74 Å². The molecule has 112 valence electrons. The number of nitrogens with zero attached hydrogens (tertiary/aromatic N) is 5. The zero-order chi connectivity index (χ0) is 15.1. The molecule has 0 aliphatic carbocycles. The van der Waals surface area contributed by atoms with E-state index in [0.29, 0.717) is 0 Å². The fourth-order valence-electron chi connectivity index (χ4n) is 2.80. The summed E-state index contributed by atoms with van der Waals surface area (Å²) in [4.78, 5) is 4.59. The molecule has 0 unspecified atom stereocenters. The third-order valence-corrected chi connectivity index (χ3v) is 3.82. The molecule has 1 aromatic carbocycles. The maximum Gasteiger partial charge on any atom is 0.163 e. The average molecular weight is 295 g/mol. The maximum atomic E-state index is 5.68. The van der Waals surface area contributed by atoms with Crippen LogP contribution in [0.1, 0.15) is 17.8 Å². The molecular formula is C16H17N5O. The maximum absolute atomic E-state index is 5.68. The lowest BCUT2D eigenvalue weighted by molar-refractivity contribution is 0.288. The Balaban J connectivity index is 1.83. The molecule has 4 rings (SSSR count). The van der Waals surface area contributed by atoms with E-state index in [9.17, 15) is 0 Å². The van der Waals surface area contributed by atoms with Gasteiger partial charge in [0.25, 0.3) is 0 Å². The van der Waals surface area contributed by atoms with Crippen LogP contribution >= 0.6 is 0 Å². The lowest BCUT2D eigenvalue weighted by atomic mass is 10.0. The van der Waals surface area contributed by atoms with Crippen molar-refractivity contribution in [3.05, 3.63) is 42.0 Å². The van der Waals surface area contributed by atoms with Crippen LogP contribution in [0.25, 0.3) is 17.1 Å². The van der Waals surface area contributed by atoms with E-state index in [1.54, 1.807) is 10.9 Å². The minimum Gasteiger partial charge on any atom is -0.493 e. The molecule has 22 heavy (non-hydrogen) atoms. The van der Waals surface area contributed by atoms with Crippen molar-refractivity contribution < 1.29 is 4.74 Å². The minimum absolute atomic E-state index is 0.743. The van der Waals surface area contributed by atoms with Crippen molar-refractivity contribution in [2.45, 2.75) is 19.8 Å². The van der Waals surface area contributed by atoms with Gasteiger partial charge in [-0.3, -0.25) is 4.68 Å². The molecule has 0 radical (unpaired) electrons. The summed E-state index contributed by atoms with van der Waals surface area (Å²) in [7, 11) is 1.89. The van der Waals surface area contributed by atoms with Gasteiger partial charge in [0.05, 0.1) is 19.0 Å². The third kappa shape index (κ3) is 2.16. The molecule has 0 spiro atoms. The molecule has 1 aliphatic rings. The highest BCUT2D eigenvalue weighted by Crippen LogP contribution is 2.30. The predicted molar refractivity (Wildman–Crippen MR) is 82.1 cm³/mol. The lowest BCUT2D eigenvalue weighted by Crippen LogP contribution is -2.08. The second kappa shape index (κ2) is 4.98. The van der Waals surface area contributed by atoms with E-state index in [1.165, 1.54) is 5.56 Å². The molecule has 0 atom stereocenters. The molecule has 0 saturated carbocycles. The number of hydrogen-bond acceptors (Lipinski definition) is 4. The van der Waals surface area contributed by atoms with Gasteiger partial charge in [-0.05, 0) is 43.5 Å². The van der Waals surface area contributed by atoms with Crippen molar-refractivity contribution in [3.63, 3.8) is 0 Å². The smallest absolute Gasteiger partial charge is 0.163 e. The average Bonchev–Trinajstić information content (AvgIpc) is 3.12. The number of rotatable bonds is 2. The summed E-state index contributed by atoms with van der Waals surface area (Å²) in [6, 6.07) is 6.23. The number of aromatic nitrogens is 5. The Morgan fingerprint density at radius 1 is 1.27 bits per heavy atom. The molecule has 1 aliphatic heterocycles. The quantitative estimate of drug-likeness (QED) is 0.728. The van der Waals surface area contributed by atoms with Gasteiger partial charge in [0, 0.05) is 12.6 Å². The van der Waals surface area contributed by atoms with Crippen molar-refractivity contribution in [1.82, 2.24) is 24.5 Å². The molecular weight excluding hydrogens is 278 g/mol. The first-order valence-electron chi connectivity index (χ1n) is 7.39. The van der Waals surface area contributed by atoms with Crippen LogP contribution in [0.3, 0.4) is 0 Å². The van der Waals surface area contributed by atoms with Crippen LogP contribution in [-0.2, 0) is 13.5 Å². The van der Waals surface area contributed by atoms with E-state index in [-0.39, 0.29) is 0 Å². The van der Waals surface area contributed by atoms with E-state index in [1.807, 2.05) is 37.0 Å². The Kier molecular flexibility index (Phi) is 2.96. The molecule has 6 nitrogen and oxygen atoms in total. The highest BCUT2D eigenvalue weighted by atomic mass is 16.5. The summed E-state index contributed by atoms with van der Waals surface area (Å²) in [6.07, 6.45) is 5.83. The first kappa shape index (κ1) is 13.1. The zero-order valence-corrected chi connectivity index (χ0v) is 12.7. The number of hydrogen-bond donors (Lipinski definition) is 0. The molecule has 6 heteroatoms. The van der Waals surface area contributed by atoms with Gasteiger partial charge in [-0.15, -0.1) is 0 Å². The Bertz CT molecular complexity index is 833. The van der Waals surface area contributed by atoms with Gasteiger partial charge in [0.2, 0.25) is 0 Å². The molecule has 0 saturated heterocycles. The summed E-state index contributed by atoms with van der Waals surface area (Å²) >= 11 is 0. The van der Waals surface area contributed by atoms with Crippen LogP contribution in [0.5, 0.6) is 5.75 Å². The molecule has 3 aromatic rings. The Hall–Kier alpha value is -2.63. The van der Waals surface area contributed by atoms with Crippen LogP contribution in [0.4, 0.5) is 0 Å². The van der Waals surface area contributed by atoms with Crippen LogP contribution in [0, 0.1) is 6.92 Å². The van der Waals surface area contributed by atoms with E-state index in [0.717, 1.165) is 48.1 Å². The number of benzene rings is 1. The third-order valence-electron chi connectivity index (χ3n) is 3.82. The van der Waals surface area contributed by atoms with Gasteiger partial charge in [0.15, 0.2) is 5.82 Å². The zero-order valence-electron chi connectivity index (χ0n) is 12.7. The lowest BCUT2D eigenvalue weighted by Gasteiger charge is -2.17. The standard InChI is InChI=1S/C16H17N5O/c1-11-18-16(21(19-11)14-9-17-20(2)10-14)13-5-6-15-12(8-13)4-3-7-22-15/h5-6,8-10H,3-4,7H2,1-2H3. The number of aryl methyl sites for hydroxylation is 3. The molecule has 3 heterocycles. The van der Waals surface area contributed by atoms with E-state index >= 15 is 0 Å². The van der Waals surface area contributed by atoms with Gasteiger partial charge in [-0.2, -0.15) is 10.2 Å². The first-order chi connectivity index (χ1) is 10.7. The molecule has 2 aromatic heterocycles. The highest BCUT2D eigenvalue weighted by molar-refractivity contribution is 5.61. The first-order valence-corrected chi connectivity index (χ1v) is 7.39. The fourth-order valence-corrected chi connectivity index (χ4v) is 2.80. The summed E-state index contributed by atoms with van der Waals surface area (Å²) in [6.45, 7) is 2.70. The van der Waals surface area contributed by atoms with Crippen molar-refractivity contribution in [1.29, 1.82) is 0 Å². The second-order valence-corrected chi connectivity index (χ2v) is 5.54. The Morgan fingerprint density at radius 3 is 3.00 bits per heavy atom. The topological polar surface area (TPSA) is 57.8 Å². The Labute approximate surface area is 128 Å². The van der Waals surface area contributed by atoms with Gasteiger partial charge in [0.1, 0.15) is 17.3 Å². The number of ether oxygens (including phenoxy) is 1. The summed E-state index contributed by atoms with van der Waals surface area (Å²) in [5.74, 6) is 2.56. The van der Waals surface area contributed by atoms with Gasteiger partial charge in [-0.1, -0.05) is 0 Å². The summed E-state index contributed by atoms with van der Waals surface area (Å²) in [5, 5.41) is 8.72. The van der Waals surface area contributed by atoms with Crippen molar-refractivity contribution in [3.8, 4) is 22.8 Å². The van der Waals surface area contributed by atoms with Crippen LogP contribution in [0.15, 0.2) is 30.6 Å². The number of fused-ring (bicyclic) bond motifs is 1. The van der Waals surface area contributed by atoms with Gasteiger partial charge in [-0.25, -0.2) is 9.67 Å². The normalized spacial score (nSPS) is 13.7. The van der Waals surface area contributed by atoms with Crippen LogP contribution < -0.4 is 4.74 Å². The van der Waals surface area contributed by atoms with E-state index < -0.39 is 0 Å². The highest BCUT2D eigenvalue weighted by Gasteiger charge is 2.16. The van der Waals surface area contributed by atoms with Gasteiger partial charge >= 0.3 is 0 Å². The van der Waals surface area contributed by atoms with Crippen LogP contribution in [-0.4, -0.2) is 31.2 Å². The fraction of sp³-hybridized carbons (Fsp3) is 0.312. The molecule has 0 fully saturated rings. The molecule has 0 bridgehead atoms. The van der Waals surface area contributed by atoms with Crippen molar-refractivity contribution in [2.75, 3.05) is 6.61 Å². The van der Waals surface area contributed by atoms with Crippen molar-refractivity contribution >= 4 is 0 Å². The second-order valence-electron chi connectivity index (χ2n) is 5.54. The predicted octanol–water partition coefficient (Wildman–Crippen LogP) is 2.30. The molecule has 0 N–H and O–H groups in total. The summed E-state index contributed by atoms with van der Waals surface area (Å²) in [5.41, 5.74) is 3.20. The van der Waals surface area contributed by atoms with Crippen molar-refractivity contribution in [2.24, 2.45) is 7.05 Å². The SMILES string of the molecule is Cc1nc(-c2ccc3c(c2)CCCO3)n(-c2cnn(C)c2)n1. The minimum atomic E-state index is 0.743. The van der Waals surface area contributed by atoms with Gasteiger partial charge < -0.3 is 4.74 Å². The summed E-state index contributed by atoms with van der Waals surface area (Å²) < 4.78 is 9.28. The Morgan fingerprint density at radius 2 is 2.18 bits per heavy atom. The van der Waals surface area contributed by atoms with E-state index in [2.05, 4.69) is 21.2 Å². The monoisotopic (exact) mass is 295 g/mol. The molecule has 0 amide bonds. The van der Waals surface area contributed by atoms with Crippen LogP contribution in [0.2, 0.25) is 0 Å². The largest absolute Gasteiger partial charge is 0.493 e.